The van der Waals surface area contributed by atoms with Crippen molar-refractivity contribution in [3.8, 4) is 0 Å². The zero-order chi connectivity index (χ0) is 12.3. The van der Waals surface area contributed by atoms with Crippen LogP contribution >= 0.6 is 0 Å². The van der Waals surface area contributed by atoms with E-state index in [-0.39, 0.29) is 6.10 Å². The molecule has 0 heterocycles. The molecule has 0 radical (unpaired) electrons. The van der Waals surface area contributed by atoms with Gasteiger partial charge in [-0.1, -0.05) is 0 Å². The Balaban J connectivity index is 3.29. The zero-order valence-electron chi connectivity index (χ0n) is 10.9. The van der Waals surface area contributed by atoms with Crippen LogP contribution in [0.4, 0.5) is 0 Å². The number of aliphatic hydroxyl groups is 1. The van der Waals surface area contributed by atoms with E-state index in [4.69, 9.17) is 0 Å². The predicted molar refractivity (Wildman–Crippen MR) is 74.1 cm³/mol. The van der Waals surface area contributed by atoms with Crippen molar-refractivity contribution in [1.82, 2.24) is 0 Å². The summed E-state index contributed by atoms with van der Waals surface area (Å²) in [4.78, 5) is 7.05. The van der Waals surface area contributed by atoms with Crippen molar-refractivity contribution in [3.05, 3.63) is 39.5 Å². The van der Waals surface area contributed by atoms with Gasteiger partial charge in [0.1, 0.15) is 0 Å². The van der Waals surface area contributed by atoms with Crippen LogP contribution in [0, 0.1) is 0 Å². The Labute approximate surface area is 103 Å². The first-order valence-corrected chi connectivity index (χ1v) is 15.8. The van der Waals surface area contributed by atoms with Gasteiger partial charge in [-0.05, 0) is 0 Å². The van der Waals surface area contributed by atoms with Gasteiger partial charge in [0.15, 0.2) is 0 Å². The number of rotatable bonds is 3. The second-order valence-corrected chi connectivity index (χ2v) is 19.7. The number of aliphatic hydroxyl groups excluding tert-OH is 1. The Morgan fingerprint density at radius 2 is 1.62 bits per heavy atom. The number of benzene rings is 1. The first-order valence-electron chi connectivity index (χ1n) is 5.78. The van der Waals surface area contributed by atoms with E-state index in [9.17, 15) is 5.11 Å². The zero-order valence-corrected chi connectivity index (χ0v) is 13.8. The summed E-state index contributed by atoms with van der Waals surface area (Å²) in [6, 6.07) is 10.4. The van der Waals surface area contributed by atoms with Gasteiger partial charge in [-0.3, -0.25) is 0 Å². The second-order valence-electron chi connectivity index (χ2n) is 5.33. The van der Waals surface area contributed by atoms with Crippen LogP contribution < -0.4 is 0 Å². The van der Waals surface area contributed by atoms with Crippen LogP contribution in [0.5, 0.6) is 0 Å². The summed E-state index contributed by atoms with van der Waals surface area (Å²) in [5.74, 6) is 0. The Morgan fingerprint density at radius 3 is 2.00 bits per heavy atom. The minimum absolute atomic E-state index is 0.309. The summed E-state index contributed by atoms with van der Waals surface area (Å²) in [6.45, 7) is 4.03. The van der Waals surface area contributed by atoms with Crippen LogP contribution in [0.25, 0.3) is 5.57 Å². The number of hydrogen-bond acceptors (Lipinski definition) is 1. The van der Waals surface area contributed by atoms with Gasteiger partial charge < -0.3 is 0 Å². The molecule has 1 unspecified atom stereocenters. The van der Waals surface area contributed by atoms with Crippen LogP contribution in [-0.4, -0.2) is 29.6 Å². The monoisotopic (exact) mass is 326 g/mol. The van der Waals surface area contributed by atoms with Gasteiger partial charge in [0.05, 0.1) is 0 Å². The van der Waals surface area contributed by atoms with E-state index in [0.29, 0.717) is 0 Å². The summed E-state index contributed by atoms with van der Waals surface area (Å²) in [6.07, 6.45) is -0.309. The average molecular weight is 325 g/mol. The van der Waals surface area contributed by atoms with Crippen molar-refractivity contribution in [3.63, 3.8) is 0 Å². The first kappa shape index (κ1) is 13.8. The van der Waals surface area contributed by atoms with Gasteiger partial charge in [-0.25, -0.2) is 0 Å². The topological polar surface area (TPSA) is 20.2 Å². The molecule has 0 aliphatic rings. The third-order valence-electron chi connectivity index (χ3n) is 2.84. The predicted octanol–water partition coefficient (Wildman–Crippen LogP) is 3.72. The third kappa shape index (κ3) is 3.36. The van der Waals surface area contributed by atoms with Crippen molar-refractivity contribution in [1.29, 1.82) is 0 Å². The van der Waals surface area contributed by atoms with E-state index in [1.54, 1.807) is 0 Å². The van der Waals surface area contributed by atoms with Crippen LogP contribution in [0.15, 0.2) is 33.9 Å². The molecule has 0 saturated carbocycles. The molecule has 0 aliphatic carbocycles. The van der Waals surface area contributed by atoms with E-state index in [2.05, 4.69) is 46.0 Å². The van der Waals surface area contributed by atoms with Crippen LogP contribution in [0.2, 0.25) is 14.8 Å². The van der Waals surface area contributed by atoms with Crippen molar-refractivity contribution < 1.29 is 5.11 Å². The minimum atomic E-state index is -2.21. The van der Waals surface area contributed by atoms with Gasteiger partial charge in [0.25, 0.3) is 0 Å². The molecule has 0 aliphatic heterocycles. The van der Waals surface area contributed by atoms with Gasteiger partial charge in [-0.2, -0.15) is 0 Å². The molecule has 1 nitrogen and oxygen atoms in total. The molecule has 1 rings (SSSR count). The van der Waals surface area contributed by atoms with Gasteiger partial charge in [0, 0.05) is 0 Å². The summed E-state index contributed by atoms with van der Waals surface area (Å²) < 4.78 is 1.32. The molecule has 0 bridgehead atoms. The van der Waals surface area contributed by atoms with Crippen molar-refractivity contribution in [2.24, 2.45) is 0 Å². The molecule has 0 saturated heterocycles. The maximum absolute atomic E-state index is 9.97. The van der Waals surface area contributed by atoms with Crippen LogP contribution in [0.1, 0.15) is 19.4 Å². The van der Waals surface area contributed by atoms with E-state index >= 15 is 0 Å². The molecule has 16 heavy (non-hydrogen) atoms. The molecule has 1 atom stereocenters. The quantitative estimate of drug-likeness (QED) is 0.840. The summed E-state index contributed by atoms with van der Waals surface area (Å²) in [5.41, 5.74) is 2.52. The van der Waals surface area contributed by atoms with Crippen molar-refractivity contribution in [2.75, 3.05) is 0 Å². The maximum atomic E-state index is 9.97. The molecule has 0 amide bonds. The van der Waals surface area contributed by atoms with Gasteiger partial charge in [-0.15, -0.1) is 0 Å². The Hall–Kier alpha value is -0.281. The molecule has 1 N–H and O–H groups in total. The molecule has 0 aromatic heterocycles. The van der Waals surface area contributed by atoms with Gasteiger partial charge in [0.2, 0.25) is 0 Å². The molecular formula is C14H22OSn. The van der Waals surface area contributed by atoms with Crippen LogP contribution in [-0.2, 0) is 0 Å². The molecule has 1 aromatic rings. The molecule has 88 valence electrons. The molecular weight excluding hydrogens is 303 g/mol. The van der Waals surface area contributed by atoms with E-state index < -0.39 is 18.4 Å². The summed E-state index contributed by atoms with van der Waals surface area (Å²) in [5, 5.41) is 9.97. The van der Waals surface area contributed by atoms with E-state index in [1.165, 1.54) is 14.7 Å². The first-order chi connectivity index (χ1) is 7.34. The fourth-order valence-corrected chi connectivity index (χ4v) is 9.55. The van der Waals surface area contributed by atoms with E-state index in [0.717, 1.165) is 0 Å². The van der Waals surface area contributed by atoms with Gasteiger partial charge >= 0.3 is 103 Å². The van der Waals surface area contributed by atoms with Crippen LogP contribution in [0.3, 0.4) is 0 Å². The standard InChI is InChI=1S/C11H13O.3CH3.Sn/c1-9(8-10(2)12)11-6-4-3-5-7-11;;;;/h3-7,10,12H,1-2H3;3*1H3;. The Kier molecular flexibility index (Phi) is 4.62. The summed E-state index contributed by atoms with van der Waals surface area (Å²) in [7, 11) is 0. The molecule has 0 spiro atoms. The molecule has 1 aromatic carbocycles. The average Bonchev–Trinajstić information content (AvgIpc) is 2.16. The fourth-order valence-electron chi connectivity index (χ4n) is 2.35. The van der Waals surface area contributed by atoms with Crippen molar-refractivity contribution in [2.45, 2.75) is 34.8 Å². The second kappa shape index (κ2) is 5.37. The molecule has 0 fully saturated rings. The fraction of sp³-hybridized carbons (Fsp3) is 0.429. The van der Waals surface area contributed by atoms with Crippen molar-refractivity contribution >= 4 is 24.0 Å². The molecule has 2 heteroatoms. The Morgan fingerprint density at radius 1 is 1.12 bits per heavy atom. The Bertz CT molecular complexity index is 371. The SMILES string of the molecule is C/C(=[C](\C(C)O)[Sn]([CH3])([CH3])[CH3])c1ccccc1. The number of allylic oxidation sites excluding steroid dienone is 1. The summed E-state index contributed by atoms with van der Waals surface area (Å²) >= 11 is -2.21. The third-order valence-corrected chi connectivity index (χ3v) is 9.71. The normalized spacial score (nSPS) is 15.6. The number of hydrogen-bond donors (Lipinski definition) is 1. The van der Waals surface area contributed by atoms with E-state index in [1.807, 2.05) is 13.0 Å².